The van der Waals surface area contributed by atoms with E-state index in [0.717, 1.165) is 27.6 Å². The van der Waals surface area contributed by atoms with Crippen molar-refractivity contribution in [1.29, 1.82) is 0 Å². The Morgan fingerprint density at radius 1 is 1.04 bits per heavy atom. The molecule has 0 bridgehead atoms. The third-order valence-corrected chi connectivity index (χ3v) is 4.34. The zero-order valence-corrected chi connectivity index (χ0v) is 15.3. The van der Waals surface area contributed by atoms with Gasteiger partial charge in [-0.05, 0) is 56.2 Å². The van der Waals surface area contributed by atoms with Crippen LogP contribution in [0.2, 0.25) is 0 Å². The number of nitrogens with one attached hydrogen (secondary N) is 2. The largest absolute Gasteiger partial charge is 0.329 e. The number of para-hydroxylation sites is 1. The Balaban J connectivity index is 1.75. The normalized spacial score (nSPS) is 11.2. The molecule has 0 fully saturated rings. The van der Waals surface area contributed by atoms with Gasteiger partial charge in [-0.3, -0.25) is 5.32 Å². The number of anilines is 1. The summed E-state index contributed by atoms with van der Waals surface area (Å²) in [7, 11) is 0. The Morgan fingerprint density at radius 3 is 2.58 bits per heavy atom. The molecular weight excluding hydrogens is 322 g/mol. The molecule has 0 saturated heterocycles. The molecule has 0 unspecified atom stereocenters. The van der Waals surface area contributed by atoms with Crippen molar-refractivity contribution in [1.82, 2.24) is 10.3 Å². The summed E-state index contributed by atoms with van der Waals surface area (Å²) in [5.41, 5.74) is 3.38. The molecule has 0 aliphatic heterocycles. The second-order valence-corrected chi connectivity index (χ2v) is 6.95. The Bertz CT molecular complexity index is 976. The quantitative estimate of drug-likeness (QED) is 0.672. The van der Waals surface area contributed by atoms with E-state index in [1.54, 1.807) is 6.07 Å². The van der Waals surface area contributed by atoms with Crippen molar-refractivity contribution in [2.45, 2.75) is 26.3 Å². The van der Waals surface area contributed by atoms with E-state index in [1.807, 2.05) is 69.3 Å². The van der Waals surface area contributed by atoms with Gasteiger partial charge in [0.25, 0.3) is 0 Å². The number of benzene rings is 2. The molecule has 3 aromatic rings. The van der Waals surface area contributed by atoms with Gasteiger partial charge in [0.05, 0.1) is 11.1 Å². The molecule has 2 aromatic carbocycles. The number of pyridine rings is 1. The van der Waals surface area contributed by atoms with Crippen LogP contribution in [0.3, 0.4) is 0 Å². The molecule has 3 rings (SSSR count). The molecule has 2 amide bonds. The number of allylic oxidation sites excluding steroid dienone is 1. The predicted molar refractivity (Wildman–Crippen MR) is 108 cm³/mol. The van der Waals surface area contributed by atoms with Gasteiger partial charge in [0.1, 0.15) is 5.82 Å². The number of urea groups is 1. The van der Waals surface area contributed by atoms with Gasteiger partial charge in [-0.2, -0.15) is 0 Å². The lowest BCUT2D eigenvalue weighted by Gasteiger charge is -2.27. The van der Waals surface area contributed by atoms with Gasteiger partial charge in [0, 0.05) is 5.39 Å². The Hall–Kier alpha value is -3.14. The highest BCUT2D eigenvalue weighted by Crippen LogP contribution is 2.24. The average molecular weight is 345 g/mol. The number of aromatic nitrogens is 1. The summed E-state index contributed by atoms with van der Waals surface area (Å²) in [5.74, 6) is 0.521. The standard InChI is InChI=1S/C22H23N3O/c1-15(2)17-9-7-10-18(14-17)22(3,4)25-21(26)24-20-13-12-16-8-5-6-11-19(16)23-20/h5-14H,1H2,2-4H3,(H2,23,24,25,26). The first-order chi connectivity index (χ1) is 12.3. The highest BCUT2D eigenvalue weighted by Gasteiger charge is 2.23. The van der Waals surface area contributed by atoms with Gasteiger partial charge in [0.15, 0.2) is 0 Å². The third-order valence-electron chi connectivity index (χ3n) is 4.34. The van der Waals surface area contributed by atoms with Crippen molar-refractivity contribution < 1.29 is 4.79 Å². The summed E-state index contributed by atoms with van der Waals surface area (Å²) in [6, 6.07) is 19.3. The minimum Gasteiger partial charge on any atom is -0.329 e. The molecule has 26 heavy (non-hydrogen) atoms. The number of hydrogen-bond donors (Lipinski definition) is 2. The molecule has 0 spiro atoms. The first kappa shape index (κ1) is 17.7. The van der Waals surface area contributed by atoms with E-state index in [-0.39, 0.29) is 6.03 Å². The molecule has 1 aromatic heterocycles. The zero-order chi connectivity index (χ0) is 18.7. The fraction of sp³-hybridized carbons (Fsp3) is 0.182. The van der Waals surface area contributed by atoms with Crippen molar-refractivity contribution in [3.05, 3.63) is 78.4 Å². The van der Waals surface area contributed by atoms with Crippen molar-refractivity contribution >= 4 is 28.3 Å². The number of nitrogens with zero attached hydrogens (tertiary/aromatic N) is 1. The molecule has 132 valence electrons. The van der Waals surface area contributed by atoms with E-state index >= 15 is 0 Å². The summed E-state index contributed by atoms with van der Waals surface area (Å²) < 4.78 is 0. The van der Waals surface area contributed by atoms with E-state index in [4.69, 9.17) is 0 Å². The molecule has 0 aliphatic carbocycles. The minimum atomic E-state index is -0.535. The topological polar surface area (TPSA) is 54.0 Å². The highest BCUT2D eigenvalue weighted by atomic mass is 16.2. The third kappa shape index (κ3) is 3.91. The zero-order valence-electron chi connectivity index (χ0n) is 15.3. The predicted octanol–water partition coefficient (Wildman–Crippen LogP) is 5.32. The Morgan fingerprint density at radius 2 is 1.81 bits per heavy atom. The number of carbonyl (C=O) groups is 1. The average Bonchev–Trinajstić information content (AvgIpc) is 2.61. The summed E-state index contributed by atoms with van der Waals surface area (Å²) in [6.45, 7) is 9.89. The Kier molecular flexibility index (Phi) is 4.76. The van der Waals surface area contributed by atoms with Gasteiger partial charge >= 0.3 is 6.03 Å². The van der Waals surface area contributed by atoms with E-state index in [1.165, 1.54) is 0 Å². The second-order valence-electron chi connectivity index (χ2n) is 6.95. The monoisotopic (exact) mass is 345 g/mol. The summed E-state index contributed by atoms with van der Waals surface area (Å²) in [6.07, 6.45) is 0. The fourth-order valence-corrected chi connectivity index (χ4v) is 2.81. The fourth-order valence-electron chi connectivity index (χ4n) is 2.81. The first-order valence-corrected chi connectivity index (χ1v) is 8.56. The van der Waals surface area contributed by atoms with Crippen LogP contribution in [0.25, 0.3) is 16.5 Å². The maximum atomic E-state index is 12.5. The second kappa shape index (κ2) is 7.00. The molecule has 4 nitrogen and oxygen atoms in total. The van der Waals surface area contributed by atoms with E-state index in [0.29, 0.717) is 5.82 Å². The summed E-state index contributed by atoms with van der Waals surface area (Å²) in [5, 5.41) is 6.87. The molecule has 0 radical (unpaired) electrons. The van der Waals surface area contributed by atoms with Crippen LogP contribution in [0.15, 0.2) is 67.2 Å². The van der Waals surface area contributed by atoms with Crippen LogP contribution in [-0.4, -0.2) is 11.0 Å². The van der Waals surface area contributed by atoms with Gasteiger partial charge in [-0.25, -0.2) is 9.78 Å². The first-order valence-electron chi connectivity index (χ1n) is 8.56. The number of rotatable bonds is 4. The van der Waals surface area contributed by atoms with E-state index in [9.17, 15) is 4.79 Å². The van der Waals surface area contributed by atoms with Gasteiger partial charge in [-0.1, -0.05) is 48.6 Å². The Labute approximate surface area is 154 Å². The smallest absolute Gasteiger partial charge is 0.321 e. The van der Waals surface area contributed by atoms with Crippen molar-refractivity contribution in [2.75, 3.05) is 5.32 Å². The molecule has 4 heteroatoms. The van der Waals surface area contributed by atoms with E-state index < -0.39 is 5.54 Å². The van der Waals surface area contributed by atoms with Crippen molar-refractivity contribution in [3.8, 4) is 0 Å². The maximum Gasteiger partial charge on any atom is 0.321 e. The molecule has 2 N–H and O–H groups in total. The molecule has 0 atom stereocenters. The number of amides is 2. The highest BCUT2D eigenvalue weighted by molar-refractivity contribution is 5.90. The maximum absolute atomic E-state index is 12.5. The van der Waals surface area contributed by atoms with Gasteiger partial charge in [0.2, 0.25) is 0 Å². The number of fused-ring (bicyclic) bond motifs is 1. The molecule has 0 aliphatic rings. The van der Waals surface area contributed by atoms with Gasteiger partial charge in [-0.15, -0.1) is 0 Å². The van der Waals surface area contributed by atoms with Crippen LogP contribution in [0.1, 0.15) is 31.9 Å². The number of carbonyl (C=O) groups excluding carboxylic acids is 1. The number of hydrogen-bond acceptors (Lipinski definition) is 2. The SMILES string of the molecule is C=C(C)c1cccc(C(C)(C)NC(=O)Nc2ccc3ccccc3n2)c1. The van der Waals surface area contributed by atoms with Crippen LogP contribution >= 0.6 is 0 Å². The lowest BCUT2D eigenvalue weighted by molar-refractivity contribution is 0.242. The van der Waals surface area contributed by atoms with Crippen molar-refractivity contribution in [3.63, 3.8) is 0 Å². The summed E-state index contributed by atoms with van der Waals surface area (Å²) in [4.78, 5) is 16.9. The van der Waals surface area contributed by atoms with Crippen LogP contribution in [-0.2, 0) is 5.54 Å². The van der Waals surface area contributed by atoms with Crippen molar-refractivity contribution in [2.24, 2.45) is 0 Å². The lowest BCUT2D eigenvalue weighted by atomic mass is 9.92. The molecular formula is C22H23N3O. The minimum absolute atomic E-state index is 0.293. The molecule has 1 heterocycles. The summed E-state index contributed by atoms with van der Waals surface area (Å²) >= 11 is 0. The van der Waals surface area contributed by atoms with Crippen LogP contribution in [0, 0.1) is 0 Å². The van der Waals surface area contributed by atoms with E-state index in [2.05, 4.69) is 28.3 Å². The lowest BCUT2D eigenvalue weighted by Crippen LogP contribution is -2.43. The van der Waals surface area contributed by atoms with Crippen LogP contribution in [0.5, 0.6) is 0 Å². The van der Waals surface area contributed by atoms with Crippen LogP contribution < -0.4 is 10.6 Å². The van der Waals surface area contributed by atoms with Gasteiger partial charge < -0.3 is 5.32 Å². The van der Waals surface area contributed by atoms with Crippen LogP contribution in [0.4, 0.5) is 10.6 Å². The molecule has 0 saturated carbocycles.